The number of carbonyl (C=O) groups excluding carboxylic acids is 2. The van der Waals surface area contributed by atoms with Crippen LogP contribution in [0.25, 0.3) is 43.6 Å². The number of hydrogen-bond donors (Lipinski definition) is 9. The number of benzene rings is 3. The number of aliphatic hydroxyl groups is 5. The lowest BCUT2D eigenvalue weighted by molar-refractivity contribution is -0.198. The van der Waals surface area contributed by atoms with Crippen LogP contribution in [0.2, 0.25) is 0 Å². The van der Waals surface area contributed by atoms with Gasteiger partial charge in [-0.3, -0.25) is 9.59 Å². The third-order valence-electron chi connectivity index (χ3n) is 8.36. The minimum Gasteiger partial charge on any atom is -0.508 e. The highest BCUT2D eigenvalue weighted by Crippen LogP contribution is 2.47. The van der Waals surface area contributed by atoms with E-state index in [1.165, 1.54) is 24.3 Å². The molecule has 0 saturated carbocycles. The van der Waals surface area contributed by atoms with Gasteiger partial charge in [0.2, 0.25) is 0 Å². The van der Waals surface area contributed by atoms with E-state index in [4.69, 9.17) is 4.74 Å². The van der Waals surface area contributed by atoms with Crippen LogP contribution in [0.5, 0.6) is 11.5 Å². The van der Waals surface area contributed by atoms with Crippen LogP contribution >= 0.6 is 0 Å². The number of amides is 2. The summed E-state index contributed by atoms with van der Waals surface area (Å²) < 4.78 is 7.72. The summed E-state index contributed by atoms with van der Waals surface area (Å²) in [5.41, 5.74) is 4.28. The maximum absolute atomic E-state index is 14.1. The van der Waals surface area contributed by atoms with Crippen LogP contribution in [-0.2, 0) is 4.74 Å². The number of H-pyrrole nitrogens is 1. The fraction of sp³-hybridized carbons (Fsp3) is 0.310. The largest absolute Gasteiger partial charge is 0.508 e. The third kappa shape index (κ3) is 3.86. The van der Waals surface area contributed by atoms with Crippen molar-refractivity contribution in [2.45, 2.75) is 37.0 Å². The van der Waals surface area contributed by atoms with Crippen LogP contribution < -0.4 is 5.43 Å². The number of rotatable bonds is 6. The van der Waals surface area contributed by atoms with E-state index in [2.05, 4.69) is 10.4 Å². The predicted octanol–water partition coefficient (Wildman–Crippen LogP) is 0.296. The summed E-state index contributed by atoms with van der Waals surface area (Å²) in [5.74, 6) is -1.62. The summed E-state index contributed by atoms with van der Waals surface area (Å²) in [5, 5.41) is 73.4. The van der Waals surface area contributed by atoms with Crippen molar-refractivity contribution < 1.29 is 50.1 Å². The first-order chi connectivity index (χ1) is 20.7. The molecule has 14 nitrogen and oxygen atoms in total. The van der Waals surface area contributed by atoms with Crippen LogP contribution in [-0.4, -0.2) is 106 Å². The number of fused-ring (bicyclic) bond motifs is 10. The standard InChI is InChI=1S/C29H28N4O10/c34-8-11(9-35)31-33-28(41)23-21-14-3-1-12(37)5-16(14)30-25(21)26-22(24(23)29(33)42)15-4-2-13(38)6-17(15)32(26)20-7-18(39)27(40)19(10-36)43-20/h1-6,11,18-20,27,30-31,34-40H,7-10H2/t18-,19-,20-,27+/m1/s1. The van der Waals surface area contributed by atoms with Gasteiger partial charge in [-0.15, -0.1) is 0 Å². The molecule has 5 aromatic rings. The molecule has 4 heterocycles. The highest BCUT2D eigenvalue weighted by Gasteiger charge is 2.44. The second-order valence-electron chi connectivity index (χ2n) is 10.9. The number of hydrogen-bond acceptors (Lipinski definition) is 11. The highest BCUT2D eigenvalue weighted by atomic mass is 16.5. The Morgan fingerprint density at radius 2 is 1.58 bits per heavy atom. The molecule has 0 unspecified atom stereocenters. The molecule has 2 aliphatic heterocycles. The van der Waals surface area contributed by atoms with Crippen molar-refractivity contribution in [2.24, 2.45) is 0 Å². The van der Waals surface area contributed by atoms with Crippen molar-refractivity contribution in [1.82, 2.24) is 20.0 Å². The number of nitrogens with zero attached hydrogens (tertiary/aromatic N) is 2. The zero-order valence-electron chi connectivity index (χ0n) is 22.4. The first-order valence-electron chi connectivity index (χ1n) is 13.6. The molecule has 2 amide bonds. The molecule has 1 saturated heterocycles. The molecule has 9 N–H and O–H groups in total. The van der Waals surface area contributed by atoms with Gasteiger partial charge in [0.05, 0.1) is 65.2 Å². The first-order valence-corrected chi connectivity index (χ1v) is 13.6. The van der Waals surface area contributed by atoms with E-state index >= 15 is 0 Å². The Balaban J connectivity index is 1.63. The monoisotopic (exact) mass is 592 g/mol. The number of aromatic amines is 1. The molecule has 1 fully saturated rings. The van der Waals surface area contributed by atoms with Crippen molar-refractivity contribution in [3.63, 3.8) is 0 Å². The Kier molecular flexibility index (Phi) is 6.33. The number of phenolic OH excluding ortho intramolecular Hbond substituents is 2. The maximum atomic E-state index is 14.1. The van der Waals surface area contributed by atoms with Crippen molar-refractivity contribution in [2.75, 3.05) is 19.8 Å². The zero-order chi connectivity index (χ0) is 30.3. The van der Waals surface area contributed by atoms with E-state index < -0.39 is 62.2 Å². The molecule has 7 rings (SSSR count). The van der Waals surface area contributed by atoms with Gasteiger partial charge in [-0.1, -0.05) is 0 Å². The fourth-order valence-electron chi connectivity index (χ4n) is 6.40. The minimum absolute atomic E-state index is 0.0214. The molecular weight excluding hydrogens is 564 g/mol. The molecule has 0 radical (unpaired) electrons. The van der Waals surface area contributed by atoms with Gasteiger partial charge in [-0.2, -0.15) is 0 Å². The van der Waals surface area contributed by atoms with Crippen molar-refractivity contribution >= 4 is 55.4 Å². The van der Waals surface area contributed by atoms with Crippen LogP contribution in [0.3, 0.4) is 0 Å². The number of aliphatic hydroxyl groups excluding tert-OH is 5. The first kappa shape index (κ1) is 27.5. The van der Waals surface area contributed by atoms with Crippen molar-refractivity contribution in [3.05, 3.63) is 47.5 Å². The van der Waals surface area contributed by atoms with E-state index in [0.29, 0.717) is 43.6 Å². The van der Waals surface area contributed by atoms with E-state index in [9.17, 15) is 45.3 Å². The Morgan fingerprint density at radius 1 is 0.930 bits per heavy atom. The Labute approximate surface area is 241 Å². The molecule has 3 aromatic carbocycles. The third-order valence-corrected chi connectivity index (χ3v) is 8.36. The lowest BCUT2D eigenvalue weighted by atomic mass is 9.96. The maximum Gasteiger partial charge on any atom is 0.276 e. The van der Waals surface area contributed by atoms with Crippen LogP contribution in [0.15, 0.2) is 36.4 Å². The second-order valence-corrected chi connectivity index (χ2v) is 10.9. The molecule has 2 aromatic heterocycles. The summed E-state index contributed by atoms with van der Waals surface area (Å²) in [6.07, 6.45) is -4.87. The topological polar surface area (TPSA) is 221 Å². The lowest BCUT2D eigenvalue weighted by Crippen LogP contribution is -2.50. The average Bonchev–Trinajstić information content (AvgIpc) is 3.60. The smallest absolute Gasteiger partial charge is 0.276 e. The van der Waals surface area contributed by atoms with Gasteiger partial charge in [0.1, 0.15) is 29.9 Å². The molecular formula is C29H28N4O10. The number of phenols is 2. The Bertz CT molecular complexity index is 1960. The highest BCUT2D eigenvalue weighted by molar-refractivity contribution is 6.39. The minimum atomic E-state index is -1.35. The summed E-state index contributed by atoms with van der Waals surface area (Å²) in [7, 11) is 0. The number of nitrogens with one attached hydrogen (secondary N) is 2. The number of hydrazine groups is 1. The van der Waals surface area contributed by atoms with E-state index in [1.807, 2.05) is 0 Å². The van der Waals surface area contributed by atoms with Crippen molar-refractivity contribution in [1.29, 1.82) is 0 Å². The van der Waals surface area contributed by atoms with Crippen LogP contribution in [0.4, 0.5) is 0 Å². The molecule has 0 bridgehead atoms. The van der Waals surface area contributed by atoms with Gasteiger partial charge in [0.15, 0.2) is 0 Å². The second kappa shape index (κ2) is 9.89. The lowest BCUT2D eigenvalue weighted by Gasteiger charge is -2.37. The van der Waals surface area contributed by atoms with Gasteiger partial charge in [0, 0.05) is 40.1 Å². The predicted molar refractivity (Wildman–Crippen MR) is 151 cm³/mol. The van der Waals surface area contributed by atoms with Crippen LogP contribution in [0, 0.1) is 0 Å². The summed E-state index contributed by atoms with van der Waals surface area (Å²) in [6.45, 7) is -1.70. The van der Waals surface area contributed by atoms with Crippen molar-refractivity contribution in [3.8, 4) is 11.5 Å². The van der Waals surface area contributed by atoms with E-state index in [-0.39, 0.29) is 29.0 Å². The average molecular weight is 593 g/mol. The Hall–Kier alpha value is -4.28. The fourth-order valence-corrected chi connectivity index (χ4v) is 6.40. The van der Waals surface area contributed by atoms with Gasteiger partial charge in [-0.05, 0) is 24.3 Å². The summed E-state index contributed by atoms with van der Waals surface area (Å²) in [6, 6.07) is 7.96. The van der Waals surface area contributed by atoms with E-state index in [0.717, 1.165) is 5.01 Å². The van der Waals surface area contributed by atoms with Gasteiger partial charge >= 0.3 is 0 Å². The Morgan fingerprint density at radius 3 is 2.26 bits per heavy atom. The molecule has 0 aliphatic carbocycles. The number of aromatic hydroxyl groups is 2. The van der Waals surface area contributed by atoms with E-state index in [1.54, 1.807) is 16.7 Å². The molecule has 14 heteroatoms. The number of imide groups is 1. The number of aromatic nitrogens is 2. The molecule has 2 aliphatic rings. The van der Waals surface area contributed by atoms with Crippen LogP contribution in [0.1, 0.15) is 33.4 Å². The number of carbonyl (C=O) groups is 2. The quantitative estimate of drug-likeness (QED) is 0.122. The van der Waals surface area contributed by atoms with Gasteiger partial charge < -0.3 is 50.0 Å². The summed E-state index contributed by atoms with van der Waals surface area (Å²) in [4.78, 5) is 31.3. The molecule has 224 valence electrons. The normalized spacial score (nSPS) is 22.7. The van der Waals surface area contributed by atoms with Gasteiger partial charge in [0.25, 0.3) is 11.8 Å². The molecule has 43 heavy (non-hydrogen) atoms. The SMILES string of the molecule is O=C1c2c(c3c4ccc(O)cc4n([C@H]4C[C@@H](O)[C@H](O)[C@@H](CO)O4)c3c3[nH]c4cc(O)ccc4c23)C(=O)N1NC(CO)CO. The number of ether oxygens (including phenoxy) is 1. The summed E-state index contributed by atoms with van der Waals surface area (Å²) >= 11 is 0. The van der Waals surface area contributed by atoms with Gasteiger partial charge in [-0.25, -0.2) is 10.4 Å². The molecule has 4 atom stereocenters. The molecule has 0 spiro atoms. The zero-order valence-corrected chi connectivity index (χ0v) is 22.4.